The van der Waals surface area contributed by atoms with E-state index >= 15 is 0 Å². The van der Waals surface area contributed by atoms with Crippen molar-refractivity contribution < 1.29 is 18.8 Å². The number of carbonyl (C=O) groups is 3. The van der Waals surface area contributed by atoms with E-state index in [4.69, 9.17) is 4.42 Å². The number of amides is 4. The van der Waals surface area contributed by atoms with Crippen LogP contribution in [-0.2, 0) is 16.1 Å². The number of hydrogen-bond donors (Lipinski definition) is 0. The van der Waals surface area contributed by atoms with Crippen molar-refractivity contribution in [1.82, 2.24) is 9.80 Å². The smallest absolute Gasteiger partial charge is 0.336 e. The predicted molar refractivity (Wildman–Crippen MR) is 106 cm³/mol. The van der Waals surface area contributed by atoms with E-state index in [0.717, 1.165) is 46.6 Å². The summed E-state index contributed by atoms with van der Waals surface area (Å²) in [5.41, 5.74) is 2.18. The van der Waals surface area contributed by atoms with Gasteiger partial charge in [-0.3, -0.25) is 19.4 Å². The quantitative estimate of drug-likeness (QED) is 0.451. The summed E-state index contributed by atoms with van der Waals surface area (Å²) in [5.74, 6) is -1.44. The van der Waals surface area contributed by atoms with Gasteiger partial charge in [-0.15, -0.1) is 0 Å². The van der Waals surface area contributed by atoms with E-state index in [1.165, 1.54) is 6.07 Å². The van der Waals surface area contributed by atoms with Crippen molar-refractivity contribution in [2.75, 3.05) is 0 Å². The van der Waals surface area contributed by atoms with Crippen LogP contribution in [-0.4, -0.2) is 33.7 Å². The first-order chi connectivity index (χ1) is 13.8. The highest BCUT2D eigenvalue weighted by Gasteiger charge is 2.49. The van der Waals surface area contributed by atoms with Gasteiger partial charge in [0.25, 0.3) is 0 Å². The molecule has 4 amide bonds. The van der Waals surface area contributed by atoms with Crippen LogP contribution in [0.1, 0.15) is 49.3 Å². The maximum atomic E-state index is 13.0. The Kier molecular flexibility index (Phi) is 4.76. The van der Waals surface area contributed by atoms with Crippen molar-refractivity contribution in [3.05, 3.63) is 45.3 Å². The predicted octanol–water partition coefficient (Wildman–Crippen LogP) is 3.28. The fourth-order valence-corrected chi connectivity index (χ4v) is 4.46. The second-order valence-electron chi connectivity index (χ2n) is 8.15. The Labute approximate surface area is 168 Å². The molecule has 0 radical (unpaired) electrons. The van der Waals surface area contributed by atoms with Crippen LogP contribution in [0.25, 0.3) is 11.0 Å². The molecule has 0 N–H and O–H groups in total. The van der Waals surface area contributed by atoms with Crippen molar-refractivity contribution in [2.45, 2.75) is 59.0 Å². The van der Waals surface area contributed by atoms with Crippen LogP contribution in [0.2, 0.25) is 0 Å². The van der Waals surface area contributed by atoms with Gasteiger partial charge < -0.3 is 4.42 Å². The molecule has 7 nitrogen and oxygen atoms in total. The molecule has 1 aliphatic carbocycles. The molecular weight excluding hydrogens is 372 g/mol. The van der Waals surface area contributed by atoms with Crippen LogP contribution in [0.4, 0.5) is 4.79 Å². The molecule has 1 saturated carbocycles. The largest absolute Gasteiger partial charge is 0.422 e. The van der Waals surface area contributed by atoms with Gasteiger partial charge in [0.2, 0.25) is 0 Å². The first kappa shape index (κ1) is 19.4. The summed E-state index contributed by atoms with van der Waals surface area (Å²) in [4.78, 5) is 52.5. The molecule has 2 fully saturated rings. The highest BCUT2D eigenvalue weighted by atomic mass is 16.4. The fourth-order valence-electron chi connectivity index (χ4n) is 4.46. The third-order valence-electron chi connectivity index (χ3n) is 6.33. The standard InChI is InChI=1S/C22H24N2O5/c1-12-8-9-16-15(10-18(25)29-19(16)14(12)3)11-23-20(26)21(27)24(22(23)28)17-7-5-4-6-13(17)2/h8-10,13,17H,4-7,11H2,1-3H3/t13-,17-/m1/s1. The van der Waals surface area contributed by atoms with Crippen molar-refractivity contribution in [2.24, 2.45) is 5.92 Å². The first-order valence-corrected chi connectivity index (χ1v) is 10.0. The van der Waals surface area contributed by atoms with Crippen molar-refractivity contribution in [3.63, 3.8) is 0 Å². The number of benzene rings is 1. The molecule has 7 heteroatoms. The molecule has 1 aromatic carbocycles. The monoisotopic (exact) mass is 396 g/mol. The minimum atomic E-state index is -0.835. The number of rotatable bonds is 3. The van der Waals surface area contributed by atoms with E-state index in [9.17, 15) is 19.2 Å². The Balaban J connectivity index is 1.71. The Bertz CT molecular complexity index is 1090. The number of aryl methyl sites for hydroxylation is 2. The van der Waals surface area contributed by atoms with E-state index in [1.54, 1.807) is 0 Å². The second-order valence-corrected chi connectivity index (χ2v) is 8.15. The Morgan fingerprint density at radius 3 is 2.48 bits per heavy atom. The molecule has 2 heterocycles. The topological polar surface area (TPSA) is 87.9 Å². The summed E-state index contributed by atoms with van der Waals surface area (Å²) in [7, 11) is 0. The van der Waals surface area contributed by atoms with Crippen LogP contribution < -0.4 is 5.63 Å². The van der Waals surface area contributed by atoms with Gasteiger partial charge in [-0.2, -0.15) is 0 Å². The molecule has 0 unspecified atom stereocenters. The lowest BCUT2D eigenvalue weighted by Crippen LogP contribution is -2.46. The number of carbonyl (C=O) groups excluding carboxylic acids is 3. The van der Waals surface area contributed by atoms with E-state index in [2.05, 4.69) is 0 Å². The molecule has 2 aromatic rings. The molecular formula is C22H24N2O5. The van der Waals surface area contributed by atoms with E-state index in [0.29, 0.717) is 16.5 Å². The summed E-state index contributed by atoms with van der Waals surface area (Å²) in [6, 6.07) is 4.15. The normalized spacial score (nSPS) is 22.8. The van der Waals surface area contributed by atoms with Crippen LogP contribution in [0.5, 0.6) is 0 Å². The van der Waals surface area contributed by atoms with Gasteiger partial charge >= 0.3 is 23.5 Å². The van der Waals surface area contributed by atoms with Gasteiger partial charge in [0.05, 0.1) is 6.54 Å². The maximum absolute atomic E-state index is 13.0. The van der Waals surface area contributed by atoms with Gasteiger partial charge in [0.1, 0.15) is 5.58 Å². The molecule has 0 bridgehead atoms. The molecule has 152 valence electrons. The molecule has 29 heavy (non-hydrogen) atoms. The minimum absolute atomic E-state index is 0.133. The SMILES string of the molecule is Cc1ccc2c(CN3C(=O)C(=O)N([C@@H]4CCCC[C@H]4C)C3=O)cc(=O)oc2c1C. The van der Waals surface area contributed by atoms with Crippen molar-refractivity contribution in [1.29, 1.82) is 0 Å². The molecule has 2 aliphatic rings. The fraction of sp³-hybridized carbons (Fsp3) is 0.455. The summed E-state index contributed by atoms with van der Waals surface area (Å²) in [6.45, 7) is 5.65. The molecule has 4 rings (SSSR count). The zero-order chi connectivity index (χ0) is 20.9. The average Bonchev–Trinajstić information content (AvgIpc) is 2.89. The number of fused-ring (bicyclic) bond motifs is 1. The highest BCUT2D eigenvalue weighted by molar-refractivity contribution is 6.44. The molecule has 1 aromatic heterocycles. The molecule has 0 spiro atoms. The Hall–Kier alpha value is -2.96. The third kappa shape index (κ3) is 3.14. The molecule has 1 saturated heterocycles. The summed E-state index contributed by atoms with van der Waals surface area (Å²) in [6.07, 6.45) is 3.65. The van der Waals surface area contributed by atoms with Gasteiger partial charge in [-0.05, 0) is 49.3 Å². The summed E-state index contributed by atoms with van der Waals surface area (Å²) < 4.78 is 5.36. The lowest BCUT2D eigenvalue weighted by molar-refractivity contribution is -0.144. The zero-order valence-corrected chi connectivity index (χ0v) is 16.9. The van der Waals surface area contributed by atoms with Gasteiger partial charge in [0.15, 0.2) is 0 Å². The number of imide groups is 2. The van der Waals surface area contributed by atoms with Gasteiger partial charge in [-0.1, -0.05) is 31.9 Å². The highest BCUT2D eigenvalue weighted by Crippen LogP contribution is 2.32. The van der Waals surface area contributed by atoms with E-state index < -0.39 is 23.5 Å². The summed E-state index contributed by atoms with van der Waals surface area (Å²) >= 11 is 0. The van der Waals surface area contributed by atoms with Crippen LogP contribution in [0, 0.1) is 19.8 Å². The molecule has 1 aliphatic heterocycles. The first-order valence-electron chi connectivity index (χ1n) is 10.0. The number of nitrogens with zero attached hydrogens (tertiary/aromatic N) is 2. The van der Waals surface area contributed by atoms with Gasteiger partial charge in [-0.25, -0.2) is 9.59 Å². The lowest BCUT2D eigenvalue weighted by Gasteiger charge is -2.34. The van der Waals surface area contributed by atoms with E-state index in [1.807, 2.05) is 32.9 Å². The number of hydrogen-bond acceptors (Lipinski definition) is 5. The zero-order valence-electron chi connectivity index (χ0n) is 16.9. The van der Waals surface area contributed by atoms with Gasteiger partial charge in [0, 0.05) is 17.5 Å². The summed E-state index contributed by atoms with van der Waals surface area (Å²) in [5, 5.41) is 0.658. The van der Waals surface area contributed by atoms with Crippen molar-refractivity contribution >= 4 is 28.8 Å². The minimum Gasteiger partial charge on any atom is -0.422 e. The second kappa shape index (κ2) is 7.13. The Morgan fingerprint density at radius 1 is 1.03 bits per heavy atom. The molecule has 2 atom stereocenters. The third-order valence-corrected chi connectivity index (χ3v) is 6.33. The lowest BCUT2D eigenvalue weighted by atomic mass is 9.85. The maximum Gasteiger partial charge on any atom is 0.336 e. The van der Waals surface area contributed by atoms with Crippen LogP contribution in [0.15, 0.2) is 27.4 Å². The Morgan fingerprint density at radius 2 is 1.76 bits per heavy atom. The van der Waals surface area contributed by atoms with Crippen LogP contribution >= 0.6 is 0 Å². The van der Waals surface area contributed by atoms with Crippen molar-refractivity contribution in [3.8, 4) is 0 Å². The number of urea groups is 1. The van der Waals surface area contributed by atoms with E-state index in [-0.39, 0.29) is 18.5 Å². The van der Waals surface area contributed by atoms with Crippen LogP contribution in [0.3, 0.4) is 0 Å². The average molecular weight is 396 g/mol.